The summed E-state index contributed by atoms with van der Waals surface area (Å²) >= 11 is 0. The molecule has 0 fully saturated rings. The van der Waals surface area contributed by atoms with E-state index in [1.807, 2.05) is 0 Å². The fraction of sp³-hybridized carbons (Fsp3) is 0.836. The van der Waals surface area contributed by atoms with Crippen LogP contribution in [0.25, 0.3) is 0 Å². The van der Waals surface area contributed by atoms with Crippen LogP contribution in [0.15, 0.2) is 36.5 Å². The molecule has 0 heterocycles. The number of allylic oxidation sites excluding steroid dienone is 6. The first kappa shape index (κ1) is 58.6. The van der Waals surface area contributed by atoms with Crippen molar-refractivity contribution >= 4 is 17.9 Å². The Morgan fingerprint density at radius 1 is 0.344 bits per heavy atom. The van der Waals surface area contributed by atoms with Gasteiger partial charge in [-0.1, -0.05) is 256 Å². The number of unbranched alkanes of at least 4 members (excludes halogenated alkanes) is 33. The van der Waals surface area contributed by atoms with E-state index < -0.39 is 6.10 Å². The normalized spacial score (nSPS) is 12.2. The number of carbonyl (C=O) groups is 3. The summed E-state index contributed by atoms with van der Waals surface area (Å²) in [5, 5.41) is 0. The first-order valence-electron chi connectivity index (χ1n) is 26.5. The van der Waals surface area contributed by atoms with Crippen molar-refractivity contribution in [3.05, 3.63) is 36.5 Å². The summed E-state index contributed by atoms with van der Waals surface area (Å²) < 4.78 is 16.8. The van der Waals surface area contributed by atoms with Crippen molar-refractivity contribution in [1.82, 2.24) is 0 Å². The summed E-state index contributed by atoms with van der Waals surface area (Å²) in [6.45, 7) is 6.52. The van der Waals surface area contributed by atoms with Gasteiger partial charge in [0.15, 0.2) is 6.10 Å². The maximum Gasteiger partial charge on any atom is 0.306 e. The Bertz CT molecular complexity index is 1030. The van der Waals surface area contributed by atoms with Gasteiger partial charge in [-0.2, -0.15) is 0 Å². The smallest absolute Gasteiger partial charge is 0.306 e. The standard InChI is InChI=1S/C55H100O6/c1-4-7-10-13-16-19-22-25-27-30-33-36-39-42-45-48-54(57)60-51-52(50-59-53(56)47-44-41-38-35-32-29-24-21-18-15-12-9-6-3)61-55(58)49-46-43-40-37-34-31-28-26-23-20-17-14-11-8-5-2/h9,12,15,18,21,24,52H,4-8,10-11,13-14,16-17,19-20,22-23,25-51H2,1-3H3/b12-9-,18-15-,24-21-. The Morgan fingerprint density at radius 3 is 0.984 bits per heavy atom. The maximum absolute atomic E-state index is 12.8. The second-order valence-electron chi connectivity index (χ2n) is 17.8. The summed E-state index contributed by atoms with van der Waals surface area (Å²) in [5.74, 6) is -0.881. The van der Waals surface area contributed by atoms with Gasteiger partial charge in [-0.05, 0) is 38.5 Å². The predicted octanol–water partition coefficient (Wildman–Crippen LogP) is 17.3. The Labute approximate surface area is 378 Å². The molecule has 0 aliphatic carbocycles. The van der Waals surface area contributed by atoms with Gasteiger partial charge in [-0.15, -0.1) is 0 Å². The molecule has 0 radical (unpaired) electrons. The second kappa shape index (κ2) is 50.3. The molecule has 0 aromatic rings. The predicted molar refractivity (Wildman–Crippen MR) is 261 cm³/mol. The van der Waals surface area contributed by atoms with Crippen LogP contribution in [0.5, 0.6) is 0 Å². The lowest BCUT2D eigenvalue weighted by Crippen LogP contribution is -2.30. The number of hydrogen-bond acceptors (Lipinski definition) is 6. The number of rotatable bonds is 48. The van der Waals surface area contributed by atoms with Gasteiger partial charge in [0, 0.05) is 19.3 Å². The highest BCUT2D eigenvalue weighted by Gasteiger charge is 2.19. The summed E-state index contributed by atoms with van der Waals surface area (Å²) in [4.78, 5) is 38.0. The van der Waals surface area contributed by atoms with E-state index in [2.05, 4.69) is 57.2 Å². The molecular weight excluding hydrogens is 757 g/mol. The topological polar surface area (TPSA) is 78.9 Å². The van der Waals surface area contributed by atoms with Crippen molar-refractivity contribution in [2.45, 2.75) is 284 Å². The quantitative estimate of drug-likeness (QED) is 0.0262. The molecule has 1 atom stereocenters. The van der Waals surface area contributed by atoms with Crippen LogP contribution in [0.1, 0.15) is 278 Å². The first-order chi connectivity index (χ1) is 30.0. The molecule has 0 aliphatic rings. The van der Waals surface area contributed by atoms with Crippen LogP contribution < -0.4 is 0 Å². The van der Waals surface area contributed by atoms with Crippen LogP contribution in [-0.2, 0) is 28.6 Å². The Hall–Kier alpha value is -2.37. The van der Waals surface area contributed by atoms with Gasteiger partial charge in [0.1, 0.15) is 13.2 Å². The third kappa shape index (κ3) is 48.5. The Kier molecular flexibility index (Phi) is 48.3. The molecule has 0 amide bonds. The monoisotopic (exact) mass is 857 g/mol. The number of esters is 3. The molecular formula is C55H100O6. The first-order valence-corrected chi connectivity index (χ1v) is 26.5. The van der Waals surface area contributed by atoms with Crippen molar-refractivity contribution < 1.29 is 28.6 Å². The van der Waals surface area contributed by atoms with E-state index in [0.29, 0.717) is 19.3 Å². The minimum atomic E-state index is -0.775. The minimum absolute atomic E-state index is 0.0743. The number of carbonyl (C=O) groups excluding carboxylic acids is 3. The van der Waals surface area contributed by atoms with Crippen molar-refractivity contribution in [2.24, 2.45) is 0 Å². The molecule has 6 nitrogen and oxygen atoms in total. The van der Waals surface area contributed by atoms with Crippen LogP contribution in [-0.4, -0.2) is 37.2 Å². The van der Waals surface area contributed by atoms with Gasteiger partial charge in [-0.25, -0.2) is 0 Å². The van der Waals surface area contributed by atoms with Crippen LogP contribution in [0.4, 0.5) is 0 Å². The second-order valence-corrected chi connectivity index (χ2v) is 17.8. The Morgan fingerprint density at radius 2 is 0.639 bits per heavy atom. The van der Waals surface area contributed by atoms with E-state index in [0.717, 1.165) is 83.5 Å². The van der Waals surface area contributed by atoms with E-state index in [4.69, 9.17) is 14.2 Å². The Balaban J connectivity index is 4.35. The van der Waals surface area contributed by atoms with Gasteiger partial charge in [0.2, 0.25) is 0 Å². The van der Waals surface area contributed by atoms with Crippen molar-refractivity contribution in [3.63, 3.8) is 0 Å². The van der Waals surface area contributed by atoms with Gasteiger partial charge in [-0.3, -0.25) is 14.4 Å². The van der Waals surface area contributed by atoms with Crippen molar-refractivity contribution in [2.75, 3.05) is 13.2 Å². The van der Waals surface area contributed by atoms with Gasteiger partial charge in [0.05, 0.1) is 0 Å². The average Bonchev–Trinajstić information content (AvgIpc) is 3.26. The molecule has 6 heteroatoms. The lowest BCUT2D eigenvalue weighted by atomic mass is 10.0. The molecule has 0 spiro atoms. The van der Waals surface area contributed by atoms with E-state index in [1.54, 1.807) is 0 Å². The molecule has 61 heavy (non-hydrogen) atoms. The summed E-state index contributed by atoms with van der Waals surface area (Å²) in [6, 6.07) is 0. The lowest BCUT2D eigenvalue weighted by Gasteiger charge is -2.18. The molecule has 0 saturated heterocycles. The molecule has 1 unspecified atom stereocenters. The summed E-state index contributed by atoms with van der Waals surface area (Å²) in [7, 11) is 0. The third-order valence-corrected chi connectivity index (χ3v) is 11.7. The van der Waals surface area contributed by atoms with Crippen molar-refractivity contribution in [1.29, 1.82) is 0 Å². The van der Waals surface area contributed by atoms with E-state index in [1.165, 1.54) is 154 Å². The van der Waals surface area contributed by atoms with Gasteiger partial charge in [0.25, 0.3) is 0 Å². The SMILES string of the molecule is CC\C=C/C=C\C=C/CCCCCCCC(=O)OCC(COC(=O)CCCCCCCCCCCCCCCCC)OC(=O)CCCCCCCCCCCCCCCCC. The molecule has 0 aromatic carbocycles. The van der Waals surface area contributed by atoms with Crippen LogP contribution in [0, 0.1) is 0 Å². The lowest BCUT2D eigenvalue weighted by molar-refractivity contribution is -0.167. The third-order valence-electron chi connectivity index (χ3n) is 11.7. The molecule has 356 valence electrons. The largest absolute Gasteiger partial charge is 0.462 e. The van der Waals surface area contributed by atoms with E-state index in [-0.39, 0.29) is 31.1 Å². The van der Waals surface area contributed by atoms with Crippen LogP contribution in [0.3, 0.4) is 0 Å². The van der Waals surface area contributed by atoms with Gasteiger partial charge >= 0.3 is 17.9 Å². The molecule has 0 bridgehead atoms. The number of ether oxygens (including phenoxy) is 3. The van der Waals surface area contributed by atoms with E-state index in [9.17, 15) is 14.4 Å². The highest BCUT2D eigenvalue weighted by molar-refractivity contribution is 5.71. The summed E-state index contributed by atoms with van der Waals surface area (Å²) in [5.41, 5.74) is 0. The molecule has 0 saturated carbocycles. The average molecular weight is 857 g/mol. The highest BCUT2D eigenvalue weighted by atomic mass is 16.6. The summed E-state index contributed by atoms with van der Waals surface area (Å²) in [6.07, 6.45) is 58.4. The highest BCUT2D eigenvalue weighted by Crippen LogP contribution is 2.16. The zero-order valence-corrected chi connectivity index (χ0v) is 40.7. The zero-order chi connectivity index (χ0) is 44.4. The molecule has 0 aromatic heterocycles. The fourth-order valence-electron chi connectivity index (χ4n) is 7.74. The fourth-order valence-corrected chi connectivity index (χ4v) is 7.74. The van der Waals surface area contributed by atoms with Crippen molar-refractivity contribution in [3.8, 4) is 0 Å². The van der Waals surface area contributed by atoms with Crippen LogP contribution in [0.2, 0.25) is 0 Å². The minimum Gasteiger partial charge on any atom is -0.462 e. The van der Waals surface area contributed by atoms with E-state index >= 15 is 0 Å². The maximum atomic E-state index is 12.8. The number of hydrogen-bond donors (Lipinski definition) is 0. The zero-order valence-electron chi connectivity index (χ0n) is 40.7. The molecule has 0 aliphatic heterocycles. The van der Waals surface area contributed by atoms with Crippen LogP contribution >= 0.6 is 0 Å². The molecule has 0 rings (SSSR count). The molecule has 0 N–H and O–H groups in total. The van der Waals surface area contributed by atoms with Gasteiger partial charge < -0.3 is 14.2 Å².